The Morgan fingerprint density at radius 1 is 1.40 bits per heavy atom. The van der Waals surface area contributed by atoms with Crippen molar-refractivity contribution in [2.45, 2.75) is 44.9 Å². The first-order valence-corrected chi connectivity index (χ1v) is 8.40. The molecule has 1 aromatic rings. The van der Waals surface area contributed by atoms with Gasteiger partial charge in [0.1, 0.15) is 0 Å². The molecule has 1 heterocycles. The predicted molar refractivity (Wildman–Crippen MR) is 86.2 cm³/mol. The summed E-state index contributed by atoms with van der Waals surface area (Å²) in [6.07, 6.45) is 4.08. The van der Waals surface area contributed by atoms with Crippen LogP contribution in [0.4, 0.5) is 5.69 Å². The number of hydrogen-bond acceptors (Lipinski definition) is 3. The number of anilines is 1. The molecule has 0 bridgehead atoms. The van der Waals surface area contributed by atoms with E-state index in [1.54, 1.807) is 0 Å². The zero-order valence-corrected chi connectivity index (χ0v) is 13.7. The molecule has 110 valence electrons. The molecule has 3 nitrogen and oxygen atoms in total. The summed E-state index contributed by atoms with van der Waals surface area (Å²) in [5.41, 5.74) is 2.75. The monoisotopic (exact) mass is 338 g/mol. The Morgan fingerprint density at radius 2 is 2.25 bits per heavy atom. The Balaban J connectivity index is 1.78. The maximum atomic E-state index is 5.76. The molecule has 0 radical (unpaired) electrons. The van der Waals surface area contributed by atoms with Gasteiger partial charge >= 0.3 is 0 Å². The van der Waals surface area contributed by atoms with E-state index in [9.17, 15) is 0 Å². The molecule has 0 amide bonds. The second-order valence-corrected chi connectivity index (χ2v) is 6.82. The van der Waals surface area contributed by atoms with Crippen LogP contribution in [0.2, 0.25) is 0 Å². The van der Waals surface area contributed by atoms with Crippen molar-refractivity contribution >= 4 is 21.6 Å². The third kappa shape index (κ3) is 3.74. The SMILES string of the molecule is CC1CN(c2cc(Br)ccc2CNC2CC2)CCCO1. The summed E-state index contributed by atoms with van der Waals surface area (Å²) < 4.78 is 6.92. The van der Waals surface area contributed by atoms with Crippen LogP contribution in [-0.4, -0.2) is 31.8 Å². The van der Waals surface area contributed by atoms with E-state index >= 15 is 0 Å². The highest BCUT2D eigenvalue weighted by molar-refractivity contribution is 9.10. The van der Waals surface area contributed by atoms with Crippen LogP contribution in [-0.2, 0) is 11.3 Å². The molecular weight excluding hydrogens is 316 g/mol. The van der Waals surface area contributed by atoms with Crippen molar-refractivity contribution in [2.24, 2.45) is 0 Å². The van der Waals surface area contributed by atoms with Gasteiger partial charge in [0.15, 0.2) is 0 Å². The standard InChI is InChI=1S/C16H23BrN2O/c1-12-11-19(7-2-8-20-12)16-9-14(17)4-3-13(16)10-18-15-5-6-15/h3-4,9,12,15,18H,2,5-8,10-11H2,1H3. The fourth-order valence-electron chi connectivity index (χ4n) is 2.74. The van der Waals surface area contributed by atoms with Gasteiger partial charge < -0.3 is 15.0 Å². The van der Waals surface area contributed by atoms with Gasteiger partial charge in [0, 0.05) is 42.4 Å². The van der Waals surface area contributed by atoms with Gasteiger partial charge in [0.25, 0.3) is 0 Å². The number of ether oxygens (including phenoxy) is 1. The summed E-state index contributed by atoms with van der Waals surface area (Å²) in [7, 11) is 0. The second kappa shape index (κ2) is 6.46. The highest BCUT2D eigenvalue weighted by Crippen LogP contribution is 2.28. The van der Waals surface area contributed by atoms with E-state index in [1.807, 2.05) is 0 Å². The molecule has 1 atom stereocenters. The van der Waals surface area contributed by atoms with Crippen molar-refractivity contribution in [1.29, 1.82) is 0 Å². The van der Waals surface area contributed by atoms with Crippen molar-refractivity contribution in [2.75, 3.05) is 24.6 Å². The fourth-order valence-corrected chi connectivity index (χ4v) is 3.08. The molecule has 1 aromatic carbocycles. The van der Waals surface area contributed by atoms with Crippen LogP contribution < -0.4 is 10.2 Å². The molecule has 1 saturated carbocycles. The lowest BCUT2D eigenvalue weighted by molar-refractivity contribution is 0.0821. The Bertz CT molecular complexity index is 462. The van der Waals surface area contributed by atoms with Gasteiger partial charge in [0.05, 0.1) is 6.10 Å². The zero-order valence-electron chi connectivity index (χ0n) is 12.1. The van der Waals surface area contributed by atoms with Gasteiger partial charge in [-0.05, 0) is 43.9 Å². The fraction of sp³-hybridized carbons (Fsp3) is 0.625. The van der Waals surface area contributed by atoms with Crippen molar-refractivity contribution in [1.82, 2.24) is 5.32 Å². The van der Waals surface area contributed by atoms with Crippen LogP contribution >= 0.6 is 15.9 Å². The van der Waals surface area contributed by atoms with Gasteiger partial charge in [-0.3, -0.25) is 0 Å². The van der Waals surface area contributed by atoms with Gasteiger partial charge in [0.2, 0.25) is 0 Å². The van der Waals surface area contributed by atoms with E-state index in [0.717, 1.165) is 43.2 Å². The molecular formula is C16H23BrN2O. The summed E-state index contributed by atoms with van der Waals surface area (Å²) in [6.45, 7) is 6.07. The molecule has 0 spiro atoms. The van der Waals surface area contributed by atoms with Gasteiger partial charge in [-0.25, -0.2) is 0 Å². The molecule has 2 aliphatic rings. The number of halogens is 1. The highest BCUT2D eigenvalue weighted by Gasteiger charge is 2.22. The highest BCUT2D eigenvalue weighted by atomic mass is 79.9. The summed E-state index contributed by atoms with van der Waals surface area (Å²) >= 11 is 3.61. The first kappa shape index (κ1) is 14.4. The van der Waals surface area contributed by atoms with E-state index in [-0.39, 0.29) is 0 Å². The summed E-state index contributed by atoms with van der Waals surface area (Å²) in [5, 5.41) is 3.63. The van der Waals surface area contributed by atoms with E-state index < -0.39 is 0 Å². The number of nitrogens with zero attached hydrogens (tertiary/aromatic N) is 1. The second-order valence-electron chi connectivity index (χ2n) is 5.91. The van der Waals surface area contributed by atoms with Crippen LogP contribution in [0.5, 0.6) is 0 Å². The minimum atomic E-state index is 0.306. The van der Waals surface area contributed by atoms with Crippen molar-refractivity contribution in [3.8, 4) is 0 Å². The molecule has 0 aromatic heterocycles. The molecule has 1 aliphatic heterocycles. The average Bonchev–Trinajstić information content (AvgIpc) is 3.25. The van der Waals surface area contributed by atoms with Gasteiger partial charge in [-0.15, -0.1) is 0 Å². The number of rotatable bonds is 4. The predicted octanol–water partition coefficient (Wildman–Crippen LogP) is 3.32. The van der Waals surface area contributed by atoms with E-state index in [0.29, 0.717) is 6.10 Å². The molecule has 1 aliphatic carbocycles. The lowest BCUT2D eigenvalue weighted by Gasteiger charge is -2.27. The van der Waals surface area contributed by atoms with Crippen molar-refractivity contribution < 1.29 is 4.74 Å². The third-order valence-electron chi connectivity index (χ3n) is 4.00. The third-order valence-corrected chi connectivity index (χ3v) is 4.49. The summed E-state index contributed by atoms with van der Waals surface area (Å²) in [6, 6.07) is 7.39. The number of hydrogen-bond donors (Lipinski definition) is 1. The lowest BCUT2D eigenvalue weighted by atomic mass is 10.1. The van der Waals surface area contributed by atoms with Crippen molar-refractivity contribution in [3.63, 3.8) is 0 Å². The normalized spacial score (nSPS) is 23.7. The minimum Gasteiger partial charge on any atom is -0.377 e. The van der Waals surface area contributed by atoms with E-state index in [2.05, 4.69) is 51.3 Å². The van der Waals surface area contributed by atoms with Crippen LogP contribution in [0.25, 0.3) is 0 Å². The Hall–Kier alpha value is -0.580. The average molecular weight is 339 g/mol. The first-order chi connectivity index (χ1) is 9.72. The molecule has 20 heavy (non-hydrogen) atoms. The summed E-state index contributed by atoms with van der Waals surface area (Å²) in [5.74, 6) is 0. The Kier molecular flexibility index (Phi) is 4.64. The minimum absolute atomic E-state index is 0.306. The van der Waals surface area contributed by atoms with E-state index in [1.165, 1.54) is 24.1 Å². The van der Waals surface area contributed by atoms with E-state index in [4.69, 9.17) is 4.74 Å². The maximum absolute atomic E-state index is 5.76. The smallest absolute Gasteiger partial charge is 0.0721 e. The van der Waals surface area contributed by atoms with Gasteiger partial charge in [-0.1, -0.05) is 22.0 Å². The zero-order chi connectivity index (χ0) is 13.9. The molecule has 1 saturated heterocycles. The van der Waals surface area contributed by atoms with Gasteiger partial charge in [-0.2, -0.15) is 0 Å². The Labute approximate surface area is 129 Å². The quantitative estimate of drug-likeness (QED) is 0.911. The molecule has 1 unspecified atom stereocenters. The lowest BCUT2D eigenvalue weighted by Crippen LogP contribution is -2.31. The first-order valence-electron chi connectivity index (χ1n) is 7.61. The van der Waals surface area contributed by atoms with Crippen LogP contribution in [0.3, 0.4) is 0 Å². The molecule has 4 heteroatoms. The maximum Gasteiger partial charge on any atom is 0.0721 e. The van der Waals surface area contributed by atoms with Crippen LogP contribution in [0.1, 0.15) is 31.7 Å². The molecule has 1 N–H and O–H groups in total. The van der Waals surface area contributed by atoms with Crippen LogP contribution in [0, 0.1) is 0 Å². The topological polar surface area (TPSA) is 24.5 Å². The number of nitrogens with one attached hydrogen (secondary N) is 1. The molecule has 2 fully saturated rings. The largest absolute Gasteiger partial charge is 0.377 e. The number of benzene rings is 1. The molecule has 3 rings (SSSR count). The summed E-state index contributed by atoms with van der Waals surface area (Å²) in [4.78, 5) is 2.48. The van der Waals surface area contributed by atoms with Crippen molar-refractivity contribution in [3.05, 3.63) is 28.2 Å². The van der Waals surface area contributed by atoms with Crippen LogP contribution in [0.15, 0.2) is 22.7 Å². The Morgan fingerprint density at radius 3 is 3.05 bits per heavy atom.